The van der Waals surface area contributed by atoms with Gasteiger partial charge in [-0.15, -0.1) is 0 Å². The van der Waals surface area contributed by atoms with Gasteiger partial charge in [0.25, 0.3) is 0 Å². The van der Waals surface area contributed by atoms with Crippen LogP contribution < -0.4 is 20.7 Å². The lowest BCUT2D eigenvalue weighted by Crippen LogP contribution is -2.35. The topological polar surface area (TPSA) is 108 Å². The molecule has 6 rings (SSSR count). The van der Waals surface area contributed by atoms with Crippen molar-refractivity contribution in [3.8, 4) is 39.5 Å². The first kappa shape index (κ1) is 32.4. The van der Waals surface area contributed by atoms with E-state index in [0.29, 0.717) is 47.7 Å². The molecule has 2 aliphatic rings. The van der Waals surface area contributed by atoms with Gasteiger partial charge in [-0.05, 0) is 50.3 Å². The molecule has 0 unspecified atom stereocenters. The van der Waals surface area contributed by atoms with Crippen LogP contribution in [-0.4, -0.2) is 53.3 Å². The summed E-state index contributed by atoms with van der Waals surface area (Å²) in [6.45, 7) is 3.59. The van der Waals surface area contributed by atoms with Crippen molar-refractivity contribution in [1.29, 1.82) is 0 Å². The quantitative estimate of drug-likeness (QED) is 0.145. The monoisotopic (exact) mass is 659 g/mol. The maximum atomic E-state index is 11.5. The molecule has 4 aromatic rings. The van der Waals surface area contributed by atoms with E-state index < -0.39 is 6.10 Å². The third-order valence-electron chi connectivity index (χ3n) is 8.71. The van der Waals surface area contributed by atoms with Gasteiger partial charge in [0.1, 0.15) is 0 Å². The number of amides is 1. The SMILES string of the molecule is COc1nc(-c2cccc(-c3cccc(-c4ccc5c(n4)CCC[C@H]5NC[C@@H](C)O)c3Cl)c2Cl)ccc1CNC[C@@H]1CCC(=O)N1. The minimum Gasteiger partial charge on any atom is -0.481 e. The molecule has 240 valence electrons. The Morgan fingerprint density at radius 3 is 2.26 bits per heavy atom. The van der Waals surface area contributed by atoms with Gasteiger partial charge in [0.15, 0.2) is 0 Å². The van der Waals surface area contributed by atoms with Crippen LogP contribution in [0.4, 0.5) is 0 Å². The normalized spacial score (nSPS) is 18.2. The fraction of sp³-hybridized carbons (Fsp3) is 0.361. The zero-order valence-electron chi connectivity index (χ0n) is 26.1. The number of aromatic nitrogens is 2. The maximum absolute atomic E-state index is 11.5. The zero-order chi connectivity index (χ0) is 32.2. The molecule has 0 radical (unpaired) electrons. The van der Waals surface area contributed by atoms with Crippen LogP contribution >= 0.6 is 23.2 Å². The first-order chi connectivity index (χ1) is 22.3. The molecule has 1 fully saturated rings. The number of carbonyl (C=O) groups is 1. The number of nitrogens with one attached hydrogen (secondary N) is 3. The minimum atomic E-state index is -0.400. The second-order valence-corrected chi connectivity index (χ2v) is 12.8. The zero-order valence-corrected chi connectivity index (χ0v) is 27.6. The van der Waals surface area contributed by atoms with E-state index in [1.54, 1.807) is 14.0 Å². The molecule has 0 bridgehead atoms. The van der Waals surface area contributed by atoms with Crippen molar-refractivity contribution in [3.05, 3.63) is 87.5 Å². The fourth-order valence-electron chi connectivity index (χ4n) is 6.35. The molecule has 3 heterocycles. The number of nitrogens with zero attached hydrogens (tertiary/aromatic N) is 2. The molecule has 1 amide bonds. The molecule has 10 heteroatoms. The van der Waals surface area contributed by atoms with Crippen molar-refractivity contribution in [3.63, 3.8) is 0 Å². The van der Waals surface area contributed by atoms with Crippen molar-refractivity contribution >= 4 is 29.1 Å². The van der Waals surface area contributed by atoms with Crippen LogP contribution in [0.5, 0.6) is 5.88 Å². The lowest BCUT2D eigenvalue weighted by atomic mass is 9.90. The van der Waals surface area contributed by atoms with E-state index in [-0.39, 0.29) is 18.0 Å². The van der Waals surface area contributed by atoms with E-state index in [0.717, 1.165) is 64.9 Å². The van der Waals surface area contributed by atoms with Crippen LogP contribution in [0, 0.1) is 0 Å². The van der Waals surface area contributed by atoms with E-state index >= 15 is 0 Å². The third kappa shape index (κ3) is 7.06. The Bertz CT molecular complexity index is 1730. The average Bonchev–Trinajstić information content (AvgIpc) is 3.48. The lowest BCUT2D eigenvalue weighted by molar-refractivity contribution is -0.119. The van der Waals surface area contributed by atoms with Crippen LogP contribution in [0.3, 0.4) is 0 Å². The van der Waals surface area contributed by atoms with Crippen molar-refractivity contribution in [2.75, 3.05) is 20.2 Å². The van der Waals surface area contributed by atoms with Gasteiger partial charge in [-0.25, -0.2) is 4.98 Å². The highest BCUT2D eigenvalue weighted by molar-refractivity contribution is 6.39. The predicted octanol–water partition coefficient (Wildman–Crippen LogP) is 6.51. The molecule has 4 N–H and O–H groups in total. The van der Waals surface area contributed by atoms with Gasteiger partial charge in [0.05, 0.1) is 34.6 Å². The number of ether oxygens (including phenoxy) is 1. The summed E-state index contributed by atoms with van der Waals surface area (Å²) in [6.07, 6.45) is 3.99. The van der Waals surface area contributed by atoms with Crippen LogP contribution in [0.1, 0.15) is 55.5 Å². The number of benzene rings is 2. The van der Waals surface area contributed by atoms with E-state index in [1.165, 1.54) is 5.56 Å². The number of aliphatic hydroxyl groups is 1. The Balaban J connectivity index is 1.25. The molecule has 1 aliphatic carbocycles. The fourth-order valence-corrected chi connectivity index (χ4v) is 7.00. The number of carbonyl (C=O) groups excluding carboxylic acids is 1. The molecule has 3 atom stereocenters. The third-order valence-corrected chi connectivity index (χ3v) is 9.53. The van der Waals surface area contributed by atoms with Gasteiger partial charge < -0.3 is 25.8 Å². The highest BCUT2D eigenvalue weighted by Gasteiger charge is 2.24. The molecule has 0 spiro atoms. The summed E-state index contributed by atoms with van der Waals surface area (Å²) < 4.78 is 5.65. The summed E-state index contributed by atoms with van der Waals surface area (Å²) in [5.74, 6) is 0.623. The number of aliphatic hydroxyl groups excluding tert-OH is 1. The summed E-state index contributed by atoms with van der Waals surface area (Å²) in [7, 11) is 1.61. The molecule has 2 aromatic carbocycles. The number of fused-ring (bicyclic) bond motifs is 1. The smallest absolute Gasteiger partial charge is 0.220 e. The van der Waals surface area contributed by atoms with Crippen LogP contribution in [-0.2, 0) is 17.8 Å². The Hall–Kier alpha value is -3.53. The number of aryl methyl sites for hydroxylation is 1. The van der Waals surface area contributed by atoms with E-state index in [1.807, 2.05) is 54.6 Å². The summed E-state index contributed by atoms with van der Waals surface area (Å²) >= 11 is 14.2. The number of hydrogen-bond acceptors (Lipinski definition) is 7. The maximum Gasteiger partial charge on any atom is 0.220 e. The lowest BCUT2D eigenvalue weighted by Gasteiger charge is -2.27. The van der Waals surface area contributed by atoms with Crippen molar-refractivity contribution in [2.24, 2.45) is 0 Å². The molecular weight excluding hydrogens is 621 g/mol. The summed E-state index contributed by atoms with van der Waals surface area (Å²) in [4.78, 5) is 21.3. The molecule has 0 saturated carbocycles. The van der Waals surface area contributed by atoms with Gasteiger partial charge in [0, 0.05) is 71.6 Å². The number of methoxy groups -OCH3 is 1. The van der Waals surface area contributed by atoms with E-state index in [4.69, 9.17) is 37.9 Å². The molecule has 1 aliphatic heterocycles. The largest absolute Gasteiger partial charge is 0.481 e. The molecule has 46 heavy (non-hydrogen) atoms. The highest BCUT2D eigenvalue weighted by atomic mass is 35.5. The first-order valence-electron chi connectivity index (χ1n) is 15.9. The van der Waals surface area contributed by atoms with Gasteiger partial charge >= 0.3 is 0 Å². The molecule has 1 saturated heterocycles. The van der Waals surface area contributed by atoms with Gasteiger partial charge in [-0.1, -0.05) is 71.7 Å². The average molecular weight is 661 g/mol. The van der Waals surface area contributed by atoms with Crippen LogP contribution in [0.2, 0.25) is 10.0 Å². The van der Waals surface area contributed by atoms with Crippen LogP contribution in [0.25, 0.3) is 33.6 Å². The predicted molar refractivity (Wildman–Crippen MR) is 183 cm³/mol. The Labute approximate surface area is 279 Å². The molecule has 2 aromatic heterocycles. The Morgan fingerprint density at radius 2 is 1.61 bits per heavy atom. The number of pyridine rings is 2. The summed E-state index contributed by atoms with van der Waals surface area (Å²) in [5, 5.41) is 20.7. The summed E-state index contributed by atoms with van der Waals surface area (Å²) in [5.41, 5.74) is 7.92. The van der Waals surface area contributed by atoms with Crippen molar-refractivity contribution in [1.82, 2.24) is 25.9 Å². The standard InChI is InChI=1S/C36H39Cl2N5O3/c1-21(44)18-40-29-10-5-11-30-26(29)14-16-31(42-30)27-8-3-6-24(34(27)37)25-7-4-9-28(35(25)38)32-15-12-22(36(43-32)46-2)19-39-20-23-13-17-33(45)41-23/h3-4,6-9,12,14-16,21,23,29,39-40,44H,5,10-11,13,17-20H2,1-2H3,(H,41,45)/t21-,23+,29-/m1/s1. The number of hydrogen-bond donors (Lipinski definition) is 4. The molecule has 8 nitrogen and oxygen atoms in total. The summed E-state index contributed by atoms with van der Waals surface area (Å²) in [6, 6.07) is 20.2. The number of halogens is 2. The van der Waals surface area contributed by atoms with Gasteiger partial charge in [-0.2, -0.15) is 0 Å². The van der Waals surface area contributed by atoms with E-state index in [9.17, 15) is 9.90 Å². The molecular formula is C36H39Cl2N5O3. The first-order valence-corrected chi connectivity index (χ1v) is 16.6. The number of rotatable bonds is 11. The van der Waals surface area contributed by atoms with Gasteiger partial charge in [-0.3, -0.25) is 9.78 Å². The Kier molecular flexibility index (Phi) is 10.2. The Morgan fingerprint density at radius 1 is 0.935 bits per heavy atom. The van der Waals surface area contributed by atoms with Gasteiger partial charge in [0.2, 0.25) is 11.8 Å². The van der Waals surface area contributed by atoms with Crippen LogP contribution in [0.15, 0.2) is 60.7 Å². The van der Waals surface area contributed by atoms with Crippen molar-refractivity contribution in [2.45, 2.75) is 63.8 Å². The second-order valence-electron chi connectivity index (χ2n) is 12.1. The van der Waals surface area contributed by atoms with E-state index in [2.05, 4.69) is 22.0 Å². The van der Waals surface area contributed by atoms with Crippen molar-refractivity contribution < 1.29 is 14.6 Å². The second kappa shape index (κ2) is 14.5. The minimum absolute atomic E-state index is 0.106. The highest BCUT2D eigenvalue weighted by Crippen LogP contribution is 2.42.